The van der Waals surface area contributed by atoms with Crippen LogP contribution in [-0.2, 0) is 9.59 Å². The Balaban J connectivity index is 2.00. The van der Waals surface area contributed by atoms with Crippen molar-refractivity contribution in [1.29, 1.82) is 0 Å². The van der Waals surface area contributed by atoms with E-state index in [9.17, 15) is 14.7 Å². The quantitative estimate of drug-likeness (QED) is 0.800. The fourth-order valence-electron chi connectivity index (χ4n) is 3.51. The van der Waals surface area contributed by atoms with Gasteiger partial charge in [-0.3, -0.25) is 9.59 Å². The van der Waals surface area contributed by atoms with E-state index >= 15 is 0 Å². The summed E-state index contributed by atoms with van der Waals surface area (Å²) in [5, 5.41) is 9.79. The minimum Gasteiger partial charge on any atom is -0.508 e. The number of aromatic hydroxyl groups is 1. The summed E-state index contributed by atoms with van der Waals surface area (Å²) >= 11 is 0. The summed E-state index contributed by atoms with van der Waals surface area (Å²) < 4.78 is 0. The van der Waals surface area contributed by atoms with Crippen molar-refractivity contribution in [3.63, 3.8) is 0 Å². The first-order valence-corrected chi connectivity index (χ1v) is 7.21. The second kappa shape index (κ2) is 4.62. The number of amides is 2. The Kier molecular flexibility index (Phi) is 3.04. The second-order valence-corrected chi connectivity index (χ2v) is 5.97. The Morgan fingerprint density at radius 1 is 1.15 bits per heavy atom. The van der Waals surface area contributed by atoms with Gasteiger partial charge in [-0.15, -0.1) is 0 Å². The molecule has 0 aromatic heterocycles. The van der Waals surface area contributed by atoms with Gasteiger partial charge in [-0.1, -0.05) is 25.3 Å². The Hall–Kier alpha value is -1.84. The average Bonchev–Trinajstić information content (AvgIpc) is 2.66. The first-order valence-electron chi connectivity index (χ1n) is 7.21. The number of anilines is 1. The van der Waals surface area contributed by atoms with Crippen LogP contribution in [0.4, 0.5) is 5.69 Å². The molecular formula is C16H19NO3. The zero-order valence-corrected chi connectivity index (χ0v) is 11.7. The minimum absolute atomic E-state index is 0.0732. The van der Waals surface area contributed by atoms with E-state index in [1.54, 1.807) is 25.1 Å². The highest BCUT2D eigenvalue weighted by atomic mass is 16.3. The molecule has 1 saturated heterocycles. The lowest BCUT2D eigenvalue weighted by Crippen LogP contribution is -2.37. The summed E-state index contributed by atoms with van der Waals surface area (Å²) in [5.41, 5.74) is 0.636. The van der Waals surface area contributed by atoms with Crippen LogP contribution in [-0.4, -0.2) is 16.9 Å². The molecule has 2 fully saturated rings. The lowest BCUT2D eigenvalue weighted by molar-refractivity contribution is -0.127. The molecule has 1 spiro atoms. The van der Waals surface area contributed by atoms with Gasteiger partial charge in [0, 0.05) is 12.0 Å². The molecule has 0 atom stereocenters. The Morgan fingerprint density at radius 3 is 2.55 bits per heavy atom. The summed E-state index contributed by atoms with van der Waals surface area (Å²) in [6.45, 7) is 1.73. The molecule has 4 heteroatoms. The number of carbonyl (C=O) groups excluding carboxylic acids is 2. The number of rotatable bonds is 1. The monoisotopic (exact) mass is 273 g/mol. The molecule has 1 aliphatic heterocycles. The van der Waals surface area contributed by atoms with Crippen molar-refractivity contribution >= 4 is 17.5 Å². The van der Waals surface area contributed by atoms with Crippen molar-refractivity contribution in [2.24, 2.45) is 5.41 Å². The molecule has 4 nitrogen and oxygen atoms in total. The third kappa shape index (κ3) is 1.82. The first kappa shape index (κ1) is 13.2. The molecule has 2 aliphatic rings. The summed E-state index contributed by atoms with van der Waals surface area (Å²) in [5.74, 6) is -0.0887. The maximum absolute atomic E-state index is 12.8. The summed E-state index contributed by atoms with van der Waals surface area (Å²) in [7, 11) is 0. The number of hydrogen-bond donors (Lipinski definition) is 1. The van der Waals surface area contributed by atoms with Crippen LogP contribution in [0.25, 0.3) is 0 Å². The predicted molar refractivity (Wildman–Crippen MR) is 75.5 cm³/mol. The van der Waals surface area contributed by atoms with Gasteiger partial charge in [-0.05, 0) is 31.9 Å². The molecule has 20 heavy (non-hydrogen) atoms. The van der Waals surface area contributed by atoms with Gasteiger partial charge in [0.05, 0.1) is 11.1 Å². The molecule has 1 heterocycles. The topological polar surface area (TPSA) is 57.6 Å². The lowest BCUT2D eigenvalue weighted by atomic mass is 9.73. The second-order valence-electron chi connectivity index (χ2n) is 5.97. The van der Waals surface area contributed by atoms with E-state index in [0.717, 1.165) is 32.1 Å². The Morgan fingerprint density at radius 2 is 1.85 bits per heavy atom. The molecule has 1 aromatic carbocycles. The highest BCUT2D eigenvalue weighted by Crippen LogP contribution is 2.47. The van der Waals surface area contributed by atoms with Crippen LogP contribution in [0.2, 0.25) is 0 Å². The highest BCUT2D eigenvalue weighted by molar-refractivity contribution is 6.23. The summed E-state index contributed by atoms with van der Waals surface area (Å²) in [6.07, 6.45) is 5.13. The molecule has 0 unspecified atom stereocenters. The van der Waals surface area contributed by atoms with Crippen LogP contribution >= 0.6 is 0 Å². The van der Waals surface area contributed by atoms with E-state index in [0.29, 0.717) is 17.7 Å². The third-order valence-corrected chi connectivity index (χ3v) is 4.72. The van der Waals surface area contributed by atoms with E-state index in [-0.39, 0.29) is 17.6 Å². The number of carbonyl (C=O) groups is 2. The van der Waals surface area contributed by atoms with E-state index in [2.05, 4.69) is 0 Å². The van der Waals surface area contributed by atoms with E-state index in [1.165, 1.54) is 4.90 Å². The highest BCUT2D eigenvalue weighted by Gasteiger charge is 2.52. The van der Waals surface area contributed by atoms with Crippen LogP contribution in [0, 0.1) is 12.3 Å². The SMILES string of the molecule is Cc1c(O)cccc1N1C(=O)CC2(CCCCC2)C1=O. The van der Waals surface area contributed by atoms with Gasteiger partial charge in [0.2, 0.25) is 11.8 Å². The number of phenols is 1. The fraction of sp³-hybridized carbons (Fsp3) is 0.500. The largest absolute Gasteiger partial charge is 0.508 e. The van der Waals surface area contributed by atoms with Gasteiger partial charge in [0.25, 0.3) is 0 Å². The molecule has 1 aliphatic carbocycles. The van der Waals surface area contributed by atoms with Gasteiger partial charge < -0.3 is 5.11 Å². The molecular weight excluding hydrogens is 254 g/mol. The van der Waals surface area contributed by atoms with Crippen LogP contribution in [0.15, 0.2) is 18.2 Å². The Bertz CT molecular complexity index is 573. The maximum atomic E-state index is 12.8. The number of imide groups is 1. The number of nitrogens with zero attached hydrogens (tertiary/aromatic N) is 1. The normalized spacial score (nSPS) is 21.8. The van der Waals surface area contributed by atoms with E-state index < -0.39 is 5.41 Å². The molecule has 106 valence electrons. The summed E-state index contributed by atoms with van der Waals surface area (Å²) in [4.78, 5) is 26.4. The molecule has 3 rings (SSSR count). The number of benzene rings is 1. The molecule has 0 radical (unpaired) electrons. The molecule has 1 N–H and O–H groups in total. The number of phenolic OH excluding ortho intramolecular Hbond substituents is 1. The molecule has 0 bridgehead atoms. The van der Waals surface area contributed by atoms with Crippen molar-refractivity contribution in [2.45, 2.75) is 45.4 Å². The standard InChI is InChI=1S/C16H19NO3/c1-11-12(6-5-7-13(11)18)17-14(19)10-16(15(17)20)8-3-2-4-9-16/h5-7,18H,2-4,8-10H2,1H3. The lowest BCUT2D eigenvalue weighted by Gasteiger charge is -2.30. The number of hydrogen-bond acceptors (Lipinski definition) is 3. The minimum atomic E-state index is -0.479. The first-order chi connectivity index (χ1) is 9.55. The zero-order chi connectivity index (χ0) is 14.3. The van der Waals surface area contributed by atoms with Crippen molar-refractivity contribution < 1.29 is 14.7 Å². The van der Waals surface area contributed by atoms with Crippen molar-refractivity contribution in [3.05, 3.63) is 23.8 Å². The van der Waals surface area contributed by atoms with E-state index in [4.69, 9.17) is 0 Å². The third-order valence-electron chi connectivity index (χ3n) is 4.72. The van der Waals surface area contributed by atoms with Gasteiger partial charge in [0.1, 0.15) is 5.75 Å². The fourth-order valence-corrected chi connectivity index (χ4v) is 3.51. The van der Waals surface area contributed by atoms with Crippen LogP contribution in [0.3, 0.4) is 0 Å². The smallest absolute Gasteiger partial charge is 0.240 e. The van der Waals surface area contributed by atoms with Gasteiger partial charge in [0.15, 0.2) is 0 Å². The molecule has 1 aromatic rings. The van der Waals surface area contributed by atoms with Gasteiger partial charge >= 0.3 is 0 Å². The maximum Gasteiger partial charge on any atom is 0.240 e. The van der Waals surface area contributed by atoms with Crippen LogP contribution in [0.1, 0.15) is 44.1 Å². The molecule has 2 amide bonds. The van der Waals surface area contributed by atoms with Gasteiger partial charge in [-0.25, -0.2) is 4.90 Å². The predicted octanol–water partition coefficient (Wildman–Crippen LogP) is 2.91. The van der Waals surface area contributed by atoms with Crippen LogP contribution < -0.4 is 4.90 Å². The zero-order valence-electron chi connectivity index (χ0n) is 11.7. The van der Waals surface area contributed by atoms with E-state index in [1.807, 2.05) is 0 Å². The van der Waals surface area contributed by atoms with Gasteiger partial charge in [-0.2, -0.15) is 0 Å². The Labute approximate surface area is 118 Å². The molecule has 1 saturated carbocycles. The average molecular weight is 273 g/mol. The van der Waals surface area contributed by atoms with Crippen molar-refractivity contribution in [1.82, 2.24) is 0 Å². The van der Waals surface area contributed by atoms with Crippen molar-refractivity contribution in [3.8, 4) is 5.75 Å². The van der Waals surface area contributed by atoms with Crippen molar-refractivity contribution in [2.75, 3.05) is 4.90 Å². The van der Waals surface area contributed by atoms with Crippen LogP contribution in [0.5, 0.6) is 5.75 Å². The summed E-state index contributed by atoms with van der Waals surface area (Å²) in [6, 6.07) is 4.97.